The number of aromatic amines is 1. The maximum absolute atomic E-state index is 12.6. The van der Waals surface area contributed by atoms with Crippen LogP contribution in [0.15, 0.2) is 36.4 Å². The molecule has 8 heteroatoms. The van der Waals surface area contributed by atoms with Crippen LogP contribution < -0.4 is 25.0 Å². The number of benzene rings is 2. The van der Waals surface area contributed by atoms with Gasteiger partial charge in [0.15, 0.2) is 11.5 Å². The van der Waals surface area contributed by atoms with Crippen molar-refractivity contribution in [1.82, 2.24) is 15.6 Å². The van der Waals surface area contributed by atoms with Crippen molar-refractivity contribution >= 4 is 28.5 Å². The third-order valence-electron chi connectivity index (χ3n) is 6.91. The normalized spacial score (nSPS) is 19.2. The lowest BCUT2D eigenvalue weighted by Gasteiger charge is -2.22. The molecule has 0 bridgehead atoms. The van der Waals surface area contributed by atoms with Gasteiger partial charge in [0, 0.05) is 47.9 Å². The number of aromatic nitrogens is 1. The summed E-state index contributed by atoms with van der Waals surface area (Å²) >= 11 is 0. The van der Waals surface area contributed by atoms with E-state index in [-0.39, 0.29) is 24.4 Å². The predicted octanol–water partition coefficient (Wildman–Crippen LogP) is 3.42. The van der Waals surface area contributed by atoms with Gasteiger partial charge in [0.1, 0.15) is 13.2 Å². The van der Waals surface area contributed by atoms with E-state index in [0.29, 0.717) is 37.8 Å². The molecule has 0 saturated carbocycles. The second-order valence-electron chi connectivity index (χ2n) is 9.23. The molecule has 0 spiro atoms. The first kappa shape index (κ1) is 20.9. The van der Waals surface area contributed by atoms with E-state index in [1.165, 1.54) is 35.0 Å². The summed E-state index contributed by atoms with van der Waals surface area (Å²) in [5, 5.41) is 7.16. The van der Waals surface area contributed by atoms with E-state index in [4.69, 9.17) is 9.47 Å². The molecule has 3 amide bonds. The van der Waals surface area contributed by atoms with Crippen LogP contribution in [0.4, 0.5) is 10.5 Å². The number of nitrogens with zero attached hydrogens (tertiary/aromatic N) is 1. The van der Waals surface area contributed by atoms with Crippen LogP contribution in [0.3, 0.4) is 0 Å². The van der Waals surface area contributed by atoms with Crippen molar-refractivity contribution in [3.05, 3.63) is 53.2 Å². The van der Waals surface area contributed by atoms with E-state index in [0.717, 1.165) is 24.1 Å². The summed E-state index contributed by atoms with van der Waals surface area (Å²) in [4.78, 5) is 30.4. The number of hydrogen-bond acceptors (Lipinski definition) is 4. The van der Waals surface area contributed by atoms with E-state index in [1.54, 1.807) is 4.90 Å². The Morgan fingerprint density at radius 1 is 1.06 bits per heavy atom. The minimum atomic E-state index is -0.266. The monoisotopic (exact) mass is 460 g/mol. The molecule has 1 atom stereocenters. The van der Waals surface area contributed by atoms with Crippen molar-refractivity contribution in [2.45, 2.75) is 44.7 Å². The summed E-state index contributed by atoms with van der Waals surface area (Å²) in [6.07, 6.45) is 4.97. The quantitative estimate of drug-likeness (QED) is 0.556. The Morgan fingerprint density at radius 3 is 2.82 bits per heavy atom. The standard InChI is InChI=1S/C26H28N4O4/c31-25-12-17(15-30(25)18-6-8-23-24(13-18)34-10-9-33-23)28-26(32)27-14-16-5-7-22-20(11-16)19-3-1-2-4-21(19)29-22/h5-8,11,13,17,29H,1-4,9-10,12,14-15H2,(H2,27,28,32). The number of ether oxygens (including phenoxy) is 2. The van der Waals surface area contributed by atoms with Gasteiger partial charge in [-0.2, -0.15) is 0 Å². The van der Waals surface area contributed by atoms with Gasteiger partial charge in [0.05, 0.1) is 6.04 Å². The maximum atomic E-state index is 12.6. The molecule has 34 heavy (non-hydrogen) atoms. The molecule has 1 aliphatic carbocycles. The third-order valence-corrected chi connectivity index (χ3v) is 6.91. The van der Waals surface area contributed by atoms with Crippen LogP contribution >= 0.6 is 0 Å². The van der Waals surface area contributed by atoms with E-state index in [2.05, 4.69) is 27.8 Å². The molecule has 3 heterocycles. The van der Waals surface area contributed by atoms with Gasteiger partial charge in [-0.25, -0.2) is 4.79 Å². The van der Waals surface area contributed by atoms with Gasteiger partial charge in [-0.15, -0.1) is 0 Å². The number of hydrogen-bond donors (Lipinski definition) is 3. The number of carbonyl (C=O) groups is 2. The molecular formula is C26H28N4O4. The van der Waals surface area contributed by atoms with Crippen molar-refractivity contribution in [1.29, 1.82) is 0 Å². The molecule has 8 nitrogen and oxygen atoms in total. The molecule has 1 saturated heterocycles. The van der Waals surface area contributed by atoms with E-state index in [9.17, 15) is 9.59 Å². The molecule has 176 valence electrons. The largest absolute Gasteiger partial charge is 0.486 e. The zero-order valence-corrected chi connectivity index (χ0v) is 19.0. The molecule has 3 aromatic rings. The smallest absolute Gasteiger partial charge is 0.315 e. The number of amides is 3. The highest BCUT2D eigenvalue weighted by molar-refractivity contribution is 5.97. The van der Waals surface area contributed by atoms with Crippen LogP contribution in [0.25, 0.3) is 10.9 Å². The Labute approximate surface area is 197 Å². The highest BCUT2D eigenvalue weighted by Crippen LogP contribution is 2.35. The first-order chi connectivity index (χ1) is 16.6. The number of urea groups is 1. The Balaban J connectivity index is 1.07. The van der Waals surface area contributed by atoms with Gasteiger partial charge in [0.2, 0.25) is 5.91 Å². The molecule has 2 aromatic carbocycles. The molecule has 6 rings (SSSR count). The summed E-state index contributed by atoms with van der Waals surface area (Å²) in [6.45, 7) is 1.88. The van der Waals surface area contributed by atoms with Gasteiger partial charge < -0.3 is 30.0 Å². The van der Waals surface area contributed by atoms with Gasteiger partial charge in [0.25, 0.3) is 0 Å². The number of fused-ring (bicyclic) bond motifs is 4. The molecule has 3 N–H and O–H groups in total. The van der Waals surface area contributed by atoms with Crippen molar-refractivity contribution < 1.29 is 19.1 Å². The highest BCUT2D eigenvalue weighted by Gasteiger charge is 2.32. The fourth-order valence-corrected chi connectivity index (χ4v) is 5.24. The Bertz CT molecular complexity index is 1270. The topological polar surface area (TPSA) is 95.7 Å². The molecule has 1 unspecified atom stereocenters. The van der Waals surface area contributed by atoms with Crippen molar-refractivity contribution in [2.75, 3.05) is 24.7 Å². The second-order valence-corrected chi connectivity index (χ2v) is 9.23. The highest BCUT2D eigenvalue weighted by atomic mass is 16.6. The fourth-order valence-electron chi connectivity index (χ4n) is 5.24. The van der Waals surface area contributed by atoms with E-state index in [1.807, 2.05) is 24.3 Å². The third kappa shape index (κ3) is 3.93. The number of aryl methyl sites for hydroxylation is 2. The van der Waals surface area contributed by atoms with Crippen LogP contribution in [0.5, 0.6) is 11.5 Å². The average molecular weight is 461 g/mol. The minimum Gasteiger partial charge on any atom is -0.486 e. The maximum Gasteiger partial charge on any atom is 0.315 e. The fraction of sp³-hybridized carbons (Fsp3) is 0.385. The SMILES string of the molecule is O=C(NCc1ccc2[nH]c3c(c2c1)CCCC3)NC1CC(=O)N(c2ccc3c(c2)OCCO3)C1. The second kappa shape index (κ2) is 8.59. The van der Waals surface area contributed by atoms with Crippen LogP contribution in [-0.4, -0.2) is 42.7 Å². The molecule has 1 fully saturated rings. The predicted molar refractivity (Wildman–Crippen MR) is 129 cm³/mol. The van der Waals surface area contributed by atoms with Crippen LogP contribution in [0.2, 0.25) is 0 Å². The van der Waals surface area contributed by atoms with E-state index < -0.39 is 0 Å². The minimum absolute atomic E-state index is 0.0235. The van der Waals surface area contributed by atoms with Crippen molar-refractivity contribution in [3.63, 3.8) is 0 Å². The zero-order valence-electron chi connectivity index (χ0n) is 19.0. The number of carbonyl (C=O) groups excluding carboxylic acids is 2. The molecule has 0 radical (unpaired) electrons. The number of anilines is 1. The lowest BCUT2D eigenvalue weighted by atomic mass is 9.95. The van der Waals surface area contributed by atoms with Crippen molar-refractivity contribution in [3.8, 4) is 11.5 Å². The van der Waals surface area contributed by atoms with Gasteiger partial charge in [-0.3, -0.25) is 4.79 Å². The molecular weight excluding hydrogens is 432 g/mol. The Hall–Kier alpha value is -3.68. The van der Waals surface area contributed by atoms with Gasteiger partial charge in [-0.1, -0.05) is 6.07 Å². The Kier molecular flexibility index (Phi) is 5.28. The first-order valence-electron chi connectivity index (χ1n) is 12.0. The van der Waals surface area contributed by atoms with E-state index >= 15 is 0 Å². The number of nitrogens with one attached hydrogen (secondary N) is 3. The lowest BCUT2D eigenvalue weighted by Crippen LogP contribution is -2.43. The number of rotatable bonds is 4. The van der Waals surface area contributed by atoms with Crippen LogP contribution in [-0.2, 0) is 24.2 Å². The lowest BCUT2D eigenvalue weighted by molar-refractivity contribution is -0.117. The summed E-state index contributed by atoms with van der Waals surface area (Å²) in [5.74, 6) is 1.31. The molecule has 2 aliphatic heterocycles. The average Bonchev–Trinajstić information content (AvgIpc) is 3.42. The first-order valence-corrected chi connectivity index (χ1v) is 12.0. The molecule has 3 aliphatic rings. The van der Waals surface area contributed by atoms with Crippen LogP contribution in [0.1, 0.15) is 36.1 Å². The van der Waals surface area contributed by atoms with Gasteiger partial charge >= 0.3 is 6.03 Å². The summed E-state index contributed by atoms with van der Waals surface area (Å²) in [7, 11) is 0. The van der Waals surface area contributed by atoms with Crippen molar-refractivity contribution in [2.24, 2.45) is 0 Å². The van der Waals surface area contributed by atoms with Gasteiger partial charge in [-0.05, 0) is 61.1 Å². The Morgan fingerprint density at radius 2 is 1.91 bits per heavy atom. The molecule has 1 aromatic heterocycles. The zero-order chi connectivity index (χ0) is 23.1. The van der Waals surface area contributed by atoms with Crippen LogP contribution in [0, 0.1) is 0 Å². The number of H-pyrrole nitrogens is 1. The summed E-state index contributed by atoms with van der Waals surface area (Å²) < 4.78 is 11.2. The summed E-state index contributed by atoms with van der Waals surface area (Å²) in [5.41, 5.74) is 5.77. The summed E-state index contributed by atoms with van der Waals surface area (Å²) in [6, 6.07) is 11.3.